The predicted molar refractivity (Wildman–Crippen MR) is 105 cm³/mol. The summed E-state index contributed by atoms with van der Waals surface area (Å²) in [5.74, 6) is -2.88. The van der Waals surface area contributed by atoms with Crippen LogP contribution in [-0.4, -0.2) is 35.0 Å². The van der Waals surface area contributed by atoms with Crippen LogP contribution in [0.4, 0.5) is 4.39 Å². The van der Waals surface area contributed by atoms with E-state index in [9.17, 15) is 23.9 Å². The average molecular weight is 451 g/mol. The van der Waals surface area contributed by atoms with Crippen molar-refractivity contribution in [3.05, 3.63) is 69.9 Å². The molecule has 0 aliphatic carbocycles. The van der Waals surface area contributed by atoms with E-state index >= 15 is 0 Å². The van der Waals surface area contributed by atoms with Gasteiger partial charge in [0.15, 0.2) is 0 Å². The number of benzene rings is 2. The molecule has 0 saturated heterocycles. The van der Waals surface area contributed by atoms with Gasteiger partial charge in [-0.05, 0) is 29.3 Å². The van der Waals surface area contributed by atoms with E-state index in [0.717, 1.165) is 4.47 Å². The molecule has 0 bridgehead atoms. The van der Waals surface area contributed by atoms with Gasteiger partial charge in [0.25, 0.3) is 0 Å². The molecule has 2 aromatic carbocycles. The standard InChI is InChI=1S/C20H20BrFN2O4/c1-12(25)23-17(11-14-6-2-3-8-16(14)22)19(26)24-18(20(27)28)10-13-5-4-7-15(21)9-13/h2-9,17-18H,10-11H2,1H3,(H,23,25)(H,24,26)(H,27,28)/t17-,18+/m1/s1. The summed E-state index contributed by atoms with van der Waals surface area (Å²) in [6.07, 6.45) is -0.0334. The highest BCUT2D eigenvalue weighted by molar-refractivity contribution is 9.10. The van der Waals surface area contributed by atoms with Gasteiger partial charge in [0.1, 0.15) is 17.9 Å². The quantitative estimate of drug-likeness (QED) is 0.575. The highest BCUT2D eigenvalue weighted by atomic mass is 79.9. The summed E-state index contributed by atoms with van der Waals surface area (Å²) >= 11 is 3.32. The molecular formula is C20H20BrFN2O4. The first-order chi connectivity index (χ1) is 13.3. The highest BCUT2D eigenvalue weighted by Crippen LogP contribution is 2.14. The number of carbonyl (C=O) groups is 3. The molecule has 0 saturated carbocycles. The Morgan fingerprint density at radius 3 is 2.36 bits per heavy atom. The van der Waals surface area contributed by atoms with Crippen molar-refractivity contribution < 1.29 is 23.9 Å². The van der Waals surface area contributed by atoms with Gasteiger partial charge in [0.2, 0.25) is 11.8 Å². The van der Waals surface area contributed by atoms with E-state index in [-0.39, 0.29) is 18.4 Å². The van der Waals surface area contributed by atoms with E-state index in [0.29, 0.717) is 5.56 Å². The fourth-order valence-electron chi connectivity index (χ4n) is 2.71. The molecule has 0 radical (unpaired) electrons. The number of amides is 2. The molecule has 0 aliphatic rings. The van der Waals surface area contributed by atoms with Crippen molar-refractivity contribution in [1.82, 2.24) is 10.6 Å². The zero-order valence-electron chi connectivity index (χ0n) is 15.1. The lowest BCUT2D eigenvalue weighted by atomic mass is 10.0. The van der Waals surface area contributed by atoms with Crippen LogP contribution in [-0.2, 0) is 27.2 Å². The van der Waals surface area contributed by atoms with Gasteiger partial charge in [-0.3, -0.25) is 9.59 Å². The molecular weight excluding hydrogens is 431 g/mol. The third-order valence-electron chi connectivity index (χ3n) is 4.02. The van der Waals surface area contributed by atoms with Crippen LogP contribution in [0.3, 0.4) is 0 Å². The first kappa shape index (κ1) is 21.6. The third-order valence-corrected chi connectivity index (χ3v) is 4.51. The Hall–Kier alpha value is -2.74. The van der Waals surface area contributed by atoms with Crippen molar-refractivity contribution in [2.45, 2.75) is 31.8 Å². The Morgan fingerprint density at radius 2 is 1.75 bits per heavy atom. The van der Waals surface area contributed by atoms with Gasteiger partial charge < -0.3 is 15.7 Å². The molecule has 0 aliphatic heterocycles. The second-order valence-corrected chi connectivity index (χ2v) is 7.20. The summed E-state index contributed by atoms with van der Waals surface area (Å²) < 4.78 is 14.7. The third kappa shape index (κ3) is 6.45. The maximum Gasteiger partial charge on any atom is 0.326 e. The first-order valence-corrected chi connectivity index (χ1v) is 9.33. The van der Waals surface area contributed by atoms with Gasteiger partial charge in [-0.2, -0.15) is 0 Å². The molecule has 2 rings (SSSR count). The fraction of sp³-hybridized carbons (Fsp3) is 0.250. The zero-order chi connectivity index (χ0) is 20.7. The summed E-state index contributed by atoms with van der Waals surface area (Å²) in [5, 5.41) is 14.4. The number of carboxylic acid groups (broad SMARTS) is 1. The van der Waals surface area contributed by atoms with Crippen molar-refractivity contribution in [3.63, 3.8) is 0 Å². The summed E-state index contributed by atoms with van der Waals surface area (Å²) in [7, 11) is 0. The van der Waals surface area contributed by atoms with Crippen LogP contribution in [0.1, 0.15) is 18.1 Å². The molecule has 0 heterocycles. The molecule has 28 heavy (non-hydrogen) atoms. The number of nitrogens with one attached hydrogen (secondary N) is 2. The van der Waals surface area contributed by atoms with Crippen LogP contribution in [0, 0.1) is 5.82 Å². The minimum atomic E-state index is -1.21. The van der Waals surface area contributed by atoms with E-state index < -0.39 is 35.7 Å². The number of rotatable bonds is 8. The number of hydrogen-bond acceptors (Lipinski definition) is 3. The second-order valence-electron chi connectivity index (χ2n) is 6.28. The van der Waals surface area contributed by atoms with Gasteiger partial charge in [-0.25, -0.2) is 9.18 Å². The van der Waals surface area contributed by atoms with E-state index in [4.69, 9.17) is 0 Å². The van der Waals surface area contributed by atoms with E-state index in [1.807, 2.05) is 0 Å². The molecule has 2 aromatic rings. The zero-order valence-corrected chi connectivity index (χ0v) is 16.7. The van der Waals surface area contributed by atoms with E-state index in [1.54, 1.807) is 30.3 Å². The van der Waals surface area contributed by atoms with E-state index in [2.05, 4.69) is 26.6 Å². The van der Waals surface area contributed by atoms with Crippen molar-refractivity contribution in [2.24, 2.45) is 0 Å². The van der Waals surface area contributed by atoms with Crippen molar-refractivity contribution >= 4 is 33.7 Å². The van der Waals surface area contributed by atoms with Crippen LogP contribution in [0.2, 0.25) is 0 Å². The monoisotopic (exact) mass is 450 g/mol. The molecule has 0 aromatic heterocycles. The largest absolute Gasteiger partial charge is 0.480 e. The molecule has 0 spiro atoms. The topological polar surface area (TPSA) is 95.5 Å². The predicted octanol–water partition coefficient (Wildman–Crippen LogP) is 2.45. The lowest BCUT2D eigenvalue weighted by molar-refractivity contribution is -0.142. The average Bonchev–Trinajstić information content (AvgIpc) is 2.62. The Bertz CT molecular complexity index is 875. The number of hydrogen-bond donors (Lipinski definition) is 3. The number of halogens is 2. The molecule has 2 atom stereocenters. The molecule has 6 nitrogen and oxygen atoms in total. The van der Waals surface area contributed by atoms with Gasteiger partial charge >= 0.3 is 5.97 Å². The number of carboxylic acids is 1. The molecule has 0 unspecified atom stereocenters. The summed E-state index contributed by atoms with van der Waals surface area (Å²) in [6.45, 7) is 1.23. The Labute approximate surface area is 170 Å². The van der Waals surface area contributed by atoms with E-state index in [1.165, 1.54) is 25.1 Å². The summed E-state index contributed by atoms with van der Waals surface area (Å²) in [6, 6.07) is 10.7. The van der Waals surface area contributed by atoms with Crippen LogP contribution in [0.5, 0.6) is 0 Å². The van der Waals surface area contributed by atoms with Crippen molar-refractivity contribution in [1.29, 1.82) is 0 Å². The van der Waals surface area contributed by atoms with Gasteiger partial charge in [0, 0.05) is 24.2 Å². The van der Waals surface area contributed by atoms with Gasteiger partial charge in [0.05, 0.1) is 0 Å². The molecule has 8 heteroatoms. The van der Waals surface area contributed by atoms with Gasteiger partial charge in [-0.1, -0.05) is 46.3 Å². The Balaban J connectivity index is 2.15. The lowest BCUT2D eigenvalue weighted by Crippen LogP contribution is -2.52. The van der Waals surface area contributed by atoms with Crippen molar-refractivity contribution in [2.75, 3.05) is 0 Å². The molecule has 0 fully saturated rings. The lowest BCUT2D eigenvalue weighted by Gasteiger charge is -2.21. The molecule has 148 valence electrons. The maximum absolute atomic E-state index is 13.9. The minimum absolute atomic E-state index is 0.0625. The first-order valence-electron chi connectivity index (χ1n) is 8.54. The SMILES string of the molecule is CC(=O)N[C@H](Cc1ccccc1F)C(=O)N[C@@H](Cc1cccc(Br)c1)C(=O)O. The normalized spacial score (nSPS) is 12.7. The Morgan fingerprint density at radius 1 is 1.04 bits per heavy atom. The smallest absolute Gasteiger partial charge is 0.326 e. The minimum Gasteiger partial charge on any atom is -0.480 e. The number of carbonyl (C=O) groups excluding carboxylic acids is 2. The summed E-state index contributed by atoms with van der Waals surface area (Å²) in [5.41, 5.74) is 0.961. The van der Waals surface area contributed by atoms with Crippen LogP contribution in [0.15, 0.2) is 53.0 Å². The van der Waals surface area contributed by atoms with Crippen LogP contribution < -0.4 is 10.6 Å². The maximum atomic E-state index is 13.9. The van der Waals surface area contributed by atoms with Crippen LogP contribution >= 0.6 is 15.9 Å². The van der Waals surface area contributed by atoms with Crippen molar-refractivity contribution in [3.8, 4) is 0 Å². The van der Waals surface area contributed by atoms with Gasteiger partial charge in [-0.15, -0.1) is 0 Å². The Kier molecular flexibility index (Phi) is 7.69. The fourth-order valence-corrected chi connectivity index (χ4v) is 3.16. The second kappa shape index (κ2) is 9.98. The number of aliphatic carboxylic acids is 1. The highest BCUT2D eigenvalue weighted by Gasteiger charge is 2.27. The summed E-state index contributed by atoms with van der Waals surface area (Å²) in [4.78, 5) is 35.7. The van der Waals surface area contributed by atoms with Crippen LogP contribution in [0.25, 0.3) is 0 Å². The molecule has 2 amide bonds. The molecule has 3 N–H and O–H groups in total.